The van der Waals surface area contributed by atoms with Crippen molar-refractivity contribution >= 4 is 33.0 Å². The molecule has 0 unspecified atom stereocenters. The van der Waals surface area contributed by atoms with Crippen LogP contribution in [0.5, 0.6) is 0 Å². The number of hydrogen-bond acceptors (Lipinski definition) is 4. The molecule has 2 heterocycles. The minimum atomic E-state index is 0.0842. The summed E-state index contributed by atoms with van der Waals surface area (Å²) in [5.74, 6) is 0.0842. The number of halogens is 1. The van der Waals surface area contributed by atoms with Crippen molar-refractivity contribution in [1.29, 1.82) is 0 Å². The molecule has 0 aliphatic rings. The van der Waals surface area contributed by atoms with Crippen molar-refractivity contribution in [3.63, 3.8) is 0 Å². The first-order chi connectivity index (χ1) is 8.18. The molecule has 17 heavy (non-hydrogen) atoms. The lowest BCUT2D eigenvalue weighted by atomic mass is 10.1. The molecule has 90 valence electrons. The van der Waals surface area contributed by atoms with Gasteiger partial charge >= 0.3 is 0 Å². The Morgan fingerprint density at radius 3 is 3.00 bits per heavy atom. The van der Waals surface area contributed by atoms with Crippen LogP contribution in [0.4, 0.5) is 0 Å². The van der Waals surface area contributed by atoms with Crippen molar-refractivity contribution in [1.82, 2.24) is 15.0 Å². The number of nitrogens with zero attached hydrogens (tertiary/aromatic N) is 3. The van der Waals surface area contributed by atoms with Crippen LogP contribution in [0.1, 0.15) is 28.2 Å². The fourth-order valence-electron chi connectivity index (χ4n) is 1.62. The summed E-state index contributed by atoms with van der Waals surface area (Å²) < 4.78 is 2.04. The van der Waals surface area contributed by atoms with E-state index in [-0.39, 0.29) is 5.78 Å². The van der Waals surface area contributed by atoms with Gasteiger partial charge in [0.05, 0.1) is 0 Å². The Hall–Kier alpha value is -1.01. The van der Waals surface area contributed by atoms with Crippen LogP contribution in [0.25, 0.3) is 0 Å². The number of ketones is 1. The molecule has 0 radical (unpaired) electrons. The zero-order valence-corrected chi connectivity index (χ0v) is 11.8. The van der Waals surface area contributed by atoms with Crippen LogP contribution in [0.3, 0.4) is 0 Å². The van der Waals surface area contributed by atoms with Gasteiger partial charge < -0.3 is 0 Å². The zero-order chi connectivity index (χ0) is 12.3. The third-order valence-corrected chi connectivity index (χ3v) is 3.93. The number of aromatic nitrogens is 3. The summed E-state index contributed by atoms with van der Waals surface area (Å²) in [6.07, 6.45) is 2.33. The van der Waals surface area contributed by atoms with Gasteiger partial charge in [-0.25, -0.2) is 4.68 Å². The van der Waals surface area contributed by atoms with E-state index in [0.29, 0.717) is 16.7 Å². The fraction of sp³-hybridized carbons (Fsp3) is 0.364. The monoisotopic (exact) mass is 313 g/mol. The van der Waals surface area contributed by atoms with Crippen molar-refractivity contribution in [2.24, 2.45) is 7.05 Å². The number of Topliss-reactive ketones (excluding diaryl/α,β-unsaturated/α-hetero) is 1. The topological polar surface area (TPSA) is 47.8 Å². The number of carbonyl (C=O) groups excluding carboxylic acids is 1. The Morgan fingerprint density at radius 1 is 1.59 bits per heavy atom. The van der Waals surface area contributed by atoms with Crippen LogP contribution in [-0.4, -0.2) is 20.8 Å². The standard InChI is InChI=1S/C11H12BrN3OS/c1-15-10(11(12)13-14-15)9(16)6-2-4-8-5-3-7-17-8/h3,5,7H,2,4,6H2,1H3. The second-order valence-corrected chi connectivity index (χ2v) is 5.49. The molecule has 0 amide bonds. The molecule has 0 N–H and O–H groups in total. The van der Waals surface area contributed by atoms with Crippen LogP contribution in [0, 0.1) is 0 Å². The second kappa shape index (κ2) is 5.55. The Kier molecular flexibility index (Phi) is 4.06. The number of rotatable bonds is 5. The van der Waals surface area contributed by atoms with Gasteiger partial charge in [-0.3, -0.25) is 4.79 Å². The summed E-state index contributed by atoms with van der Waals surface area (Å²) in [6, 6.07) is 4.13. The number of aryl methyl sites for hydroxylation is 2. The van der Waals surface area contributed by atoms with E-state index in [0.717, 1.165) is 12.8 Å². The average molecular weight is 314 g/mol. The quantitative estimate of drug-likeness (QED) is 0.797. The molecule has 2 aromatic heterocycles. The minimum Gasteiger partial charge on any atom is -0.292 e. The number of carbonyl (C=O) groups is 1. The van der Waals surface area contributed by atoms with Crippen molar-refractivity contribution in [3.8, 4) is 0 Å². The van der Waals surface area contributed by atoms with E-state index in [2.05, 4.69) is 37.7 Å². The second-order valence-electron chi connectivity index (χ2n) is 3.71. The van der Waals surface area contributed by atoms with Crippen molar-refractivity contribution in [3.05, 3.63) is 32.7 Å². The molecule has 6 heteroatoms. The van der Waals surface area contributed by atoms with Crippen molar-refractivity contribution < 1.29 is 4.79 Å². The van der Waals surface area contributed by atoms with Gasteiger partial charge in [0.2, 0.25) is 0 Å². The summed E-state index contributed by atoms with van der Waals surface area (Å²) >= 11 is 4.96. The number of hydrogen-bond donors (Lipinski definition) is 0. The first-order valence-corrected chi connectivity index (χ1v) is 6.96. The average Bonchev–Trinajstić information content (AvgIpc) is 2.89. The lowest BCUT2D eigenvalue weighted by Crippen LogP contribution is -2.07. The Labute approximate surface area is 112 Å². The van der Waals surface area contributed by atoms with Gasteiger partial charge in [0.25, 0.3) is 0 Å². The van der Waals surface area contributed by atoms with E-state index in [1.54, 1.807) is 18.4 Å². The van der Waals surface area contributed by atoms with Crippen LogP contribution in [-0.2, 0) is 13.5 Å². The van der Waals surface area contributed by atoms with Crippen molar-refractivity contribution in [2.45, 2.75) is 19.3 Å². The third kappa shape index (κ3) is 3.01. The molecule has 2 aromatic rings. The molecular weight excluding hydrogens is 302 g/mol. The highest BCUT2D eigenvalue weighted by Crippen LogP contribution is 2.17. The third-order valence-electron chi connectivity index (χ3n) is 2.46. The van der Waals surface area contributed by atoms with Crippen LogP contribution in [0.2, 0.25) is 0 Å². The summed E-state index contributed by atoms with van der Waals surface area (Å²) in [6.45, 7) is 0. The van der Waals surface area contributed by atoms with E-state index in [1.165, 1.54) is 9.56 Å². The zero-order valence-electron chi connectivity index (χ0n) is 9.39. The van der Waals surface area contributed by atoms with Crippen molar-refractivity contribution in [2.75, 3.05) is 0 Å². The van der Waals surface area contributed by atoms with Crippen LogP contribution in [0.15, 0.2) is 22.1 Å². The Bertz CT molecular complexity index is 487. The van der Waals surface area contributed by atoms with Gasteiger partial charge in [0.15, 0.2) is 10.4 Å². The Balaban J connectivity index is 1.90. The van der Waals surface area contributed by atoms with Gasteiger partial charge in [-0.15, -0.1) is 16.4 Å². The van der Waals surface area contributed by atoms with E-state index in [1.807, 2.05) is 6.07 Å². The molecule has 0 fully saturated rings. The van der Waals surface area contributed by atoms with Gasteiger partial charge in [0.1, 0.15) is 5.69 Å². The van der Waals surface area contributed by atoms with E-state index >= 15 is 0 Å². The molecule has 0 aliphatic carbocycles. The predicted octanol–water partition coefficient (Wildman–Crippen LogP) is 2.84. The summed E-state index contributed by atoms with van der Waals surface area (Å²) in [4.78, 5) is 13.3. The SMILES string of the molecule is Cn1nnc(Br)c1C(=O)CCCc1cccs1. The molecule has 0 aliphatic heterocycles. The maximum atomic E-state index is 11.9. The highest BCUT2D eigenvalue weighted by atomic mass is 79.9. The first kappa shape index (κ1) is 12.4. The smallest absolute Gasteiger partial charge is 0.183 e. The largest absolute Gasteiger partial charge is 0.292 e. The molecular formula is C11H12BrN3OS. The molecule has 0 saturated heterocycles. The van der Waals surface area contributed by atoms with Crippen LogP contribution >= 0.6 is 27.3 Å². The molecule has 0 atom stereocenters. The normalized spacial score (nSPS) is 10.7. The lowest BCUT2D eigenvalue weighted by molar-refractivity contribution is 0.0970. The molecule has 0 spiro atoms. The molecule has 0 saturated carbocycles. The molecule has 0 bridgehead atoms. The molecule has 0 aromatic carbocycles. The molecule has 2 rings (SSSR count). The van der Waals surface area contributed by atoms with E-state index in [9.17, 15) is 4.79 Å². The van der Waals surface area contributed by atoms with Gasteiger partial charge in [-0.1, -0.05) is 11.3 Å². The predicted molar refractivity (Wildman–Crippen MR) is 70.3 cm³/mol. The summed E-state index contributed by atoms with van der Waals surface area (Å²) in [7, 11) is 1.73. The highest BCUT2D eigenvalue weighted by Gasteiger charge is 2.16. The minimum absolute atomic E-state index is 0.0842. The maximum absolute atomic E-state index is 11.9. The number of thiophene rings is 1. The van der Waals surface area contributed by atoms with E-state index < -0.39 is 0 Å². The van der Waals surface area contributed by atoms with E-state index in [4.69, 9.17) is 0 Å². The first-order valence-electron chi connectivity index (χ1n) is 5.29. The summed E-state index contributed by atoms with van der Waals surface area (Å²) in [5, 5.41) is 9.66. The maximum Gasteiger partial charge on any atom is 0.183 e. The Morgan fingerprint density at radius 2 is 2.41 bits per heavy atom. The lowest BCUT2D eigenvalue weighted by Gasteiger charge is -2.00. The summed E-state index contributed by atoms with van der Waals surface area (Å²) in [5.41, 5.74) is 0.552. The highest BCUT2D eigenvalue weighted by molar-refractivity contribution is 9.10. The molecule has 4 nitrogen and oxygen atoms in total. The van der Waals surface area contributed by atoms with Gasteiger partial charge in [-0.2, -0.15) is 0 Å². The van der Waals surface area contributed by atoms with Crippen LogP contribution < -0.4 is 0 Å². The fourth-order valence-corrected chi connectivity index (χ4v) is 2.92. The van der Waals surface area contributed by atoms with Gasteiger partial charge in [0, 0.05) is 18.3 Å². The van der Waals surface area contributed by atoms with Gasteiger partial charge in [-0.05, 0) is 40.2 Å².